The topological polar surface area (TPSA) is 24.9 Å². The van der Waals surface area contributed by atoms with E-state index in [-0.39, 0.29) is 0 Å². The summed E-state index contributed by atoms with van der Waals surface area (Å²) in [6.07, 6.45) is 5.54. The van der Waals surface area contributed by atoms with Gasteiger partial charge in [-0.1, -0.05) is 6.08 Å². The molecule has 0 saturated carbocycles. The van der Waals surface area contributed by atoms with E-state index in [1.54, 1.807) is 11.3 Å². The Labute approximate surface area is 96.4 Å². The predicted octanol–water partition coefficient (Wildman–Crippen LogP) is 3.29. The number of thiazole rings is 1. The van der Waals surface area contributed by atoms with E-state index in [0.717, 1.165) is 18.7 Å². The maximum Gasteiger partial charge on any atom is 0.0798 e. The van der Waals surface area contributed by atoms with E-state index in [1.807, 2.05) is 11.6 Å². The molecule has 0 radical (unpaired) electrons. The Morgan fingerprint density at radius 1 is 1.67 bits per heavy atom. The molecular weight excluding hydrogens is 204 g/mol. The molecule has 0 saturated heterocycles. The van der Waals surface area contributed by atoms with Gasteiger partial charge in [0.05, 0.1) is 11.2 Å². The highest BCUT2D eigenvalue weighted by Gasteiger charge is 2.04. The number of hydrogen-bond donors (Lipinski definition) is 1. The summed E-state index contributed by atoms with van der Waals surface area (Å²) >= 11 is 1.73. The van der Waals surface area contributed by atoms with Crippen LogP contribution in [0.25, 0.3) is 0 Å². The van der Waals surface area contributed by atoms with Crippen LogP contribution in [0.1, 0.15) is 36.8 Å². The summed E-state index contributed by atoms with van der Waals surface area (Å²) in [6.45, 7) is 8.98. The van der Waals surface area contributed by atoms with E-state index in [0.29, 0.717) is 6.04 Å². The van der Waals surface area contributed by atoms with Crippen molar-refractivity contribution in [2.24, 2.45) is 0 Å². The molecule has 0 amide bonds. The standard InChI is InChI=1S/C12H20N2S/c1-4-5-6-7-10(2)13-8-12-11(3)14-9-15-12/h4,9-10,13H,1,5-8H2,2-3H3. The lowest BCUT2D eigenvalue weighted by atomic mass is 10.1. The first kappa shape index (κ1) is 12.4. The molecular formula is C12H20N2S. The summed E-state index contributed by atoms with van der Waals surface area (Å²) in [7, 11) is 0. The number of hydrogen-bond acceptors (Lipinski definition) is 3. The Morgan fingerprint density at radius 2 is 2.47 bits per heavy atom. The van der Waals surface area contributed by atoms with E-state index in [9.17, 15) is 0 Å². The van der Waals surface area contributed by atoms with Crippen LogP contribution < -0.4 is 5.32 Å². The van der Waals surface area contributed by atoms with Crippen LogP contribution in [0.4, 0.5) is 0 Å². The minimum atomic E-state index is 0.575. The molecule has 1 heterocycles. The van der Waals surface area contributed by atoms with Crippen LogP contribution in [-0.2, 0) is 6.54 Å². The van der Waals surface area contributed by atoms with Gasteiger partial charge in [-0.25, -0.2) is 4.98 Å². The fourth-order valence-electron chi connectivity index (χ4n) is 1.43. The first-order valence-electron chi connectivity index (χ1n) is 5.47. The Morgan fingerprint density at radius 3 is 3.07 bits per heavy atom. The number of nitrogens with one attached hydrogen (secondary N) is 1. The van der Waals surface area contributed by atoms with Gasteiger partial charge in [0.2, 0.25) is 0 Å². The predicted molar refractivity (Wildman–Crippen MR) is 67.2 cm³/mol. The number of nitrogens with zero attached hydrogens (tertiary/aromatic N) is 1. The van der Waals surface area contributed by atoms with Crippen molar-refractivity contribution in [1.82, 2.24) is 10.3 Å². The van der Waals surface area contributed by atoms with Crippen molar-refractivity contribution in [2.75, 3.05) is 0 Å². The first-order valence-corrected chi connectivity index (χ1v) is 6.35. The van der Waals surface area contributed by atoms with Gasteiger partial charge in [-0.2, -0.15) is 0 Å². The summed E-state index contributed by atoms with van der Waals surface area (Å²) < 4.78 is 0. The molecule has 15 heavy (non-hydrogen) atoms. The summed E-state index contributed by atoms with van der Waals surface area (Å²) in [5, 5.41) is 3.52. The minimum absolute atomic E-state index is 0.575. The van der Waals surface area contributed by atoms with Gasteiger partial charge in [-0.05, 0) is 33.1 Å². The smallest absolute Gasteiger partial charge is 0.0798 e. The van der Waals surface area contributed by atoms with Gasteiger partial charge in [-0.3, -0.25) is 0 Å². The zero-order chi connectivity index (χ0) is 11.1. The first-order chi connectivity index (χ1) is 7.24. The molecule has 3 heteroatoms. The van der Waals surface area contributed by atoms with E-state index in [1.165, 1.54) is 17.7 Å². The SMILES string of the molecule is C=CCCCC(C)NCc1scnc1C. The van der Waals surface area contributed by atoms with Crippen molar-refractivity contribution in [3.05, 3.63) is 28.7 Å². The maximum absolute atomic E-state index is 4.24. The van der Waals surface area contributed by atoms with Crippen LogP contribution >= 0.6 is 11.3 Å². The van der Waals surface area contributed by atoms with Gasteiger partial charge in [0.25, 0.3) is 0 Å². The fraction of sp³-hybridized carbons (Fsp3) is 0.583. The van der Waals surface area contributed by atoms with E-state index in [4.69, 9.17) is 0 Å². The molecule has 2 nitrogen and oxygen atoms in total. The van der Waals surface area contributed by atoms with Gasteiger partial charge in [0.15, 0.2) is 0 Å². The average Bonchev–Trinajstić information content (AvgIpc) is 2.61. The molecule has 1 N–H and O–H groups in total. The second-order valence-corrected chi connectivity index (χ2v) is 4.80. The highest BCUT2D eigenvalue weighted by molar-refractivity contribution is 7.09. The number of aromatic nitrogens is 1. The van der Waals surface area contributed by atoms with Crippen molar-refractivity contribution < 1.29 is 0 Å². The zero-order valence-electron chi connectivity index (χ0n) is 9.62. The molecule has 0 aliphatic rings. The number of rotatable bonds is 7. The molecule has 1 rings (SSSR count). The summed E-state index contributed by atoms with van der Waals surface area (Å²) in [6, 6.07) is 0.575. The van der Waals surface area contributed by atoms with Crippen LogP contribution in [0.2, 0.25) is 0 Å². The Hall–Kier alpha value is -0.670. The molecule has 84 valence electrons. The Kier molecular flexibility index (Phi) is 5.58. The maximum atomic E-state index is 4.24. The third-order valence-corrected chi connectivity index (χ3v) is 3.44. The summed E-state index contributed by atoms with van der Waals surface area (Å²) in [4.78, 5) is 5.59. The third-order valence-electron chi connectivity index (χ3n) is 2.50. The van der Waals surface area contributed by atoms with Gasteiger partial charge < -0.3 is 5.32 Å². The molecule has 0 bridgehead atoms. The molecule has 1 atom stereocenters. The van der Waals surface area contributed by atoms with Crippen molar-refractivity contribution >= 4 is 11.3 Å². The summed E-state index contributed by atoms with van der Waals surface area (Å²) in [5.41, 5.74) is 3.07. The fourth-order valence-corrected chi connectivity index (χ4v) is 2.16. The van der Waals surface area contributed by atoms with Crippen LogP contribution in [-0.4, -0.2) is 11.0 Å². The van der Waals surface area contributed by atoms with Crippen molar-refractivity contribution in [3.63, 3.8) is 0 Å². The van der Waals surface area contributed by atoms with Crippen molar-refractivity contribution in [2.45, 2.75) is 45.7 Å². The van der Waals surface area contributed by atoms with Crippen molar-refractivity contribution in [3.8, 4) is 0 Å². The molecule has 1 aromatic heterocycles. The van der Waals surface area contributed by atoms with Gasteiger partial charge in [0, 0.05) is 17.5 Å². The van der Waals surface area contributed by atoms with Crippen molar-refractivity contribution in [1.29, 1.82) is 0 Å². The molecule has 0 spiro atoms. The lowest BCUT2D eigenvalue weighted by Gasteiger charge is -2.12. The number of aryl methyl sites for hydroxylation is 1. The summed E-state index contributed by atoms with van der Waals surface area (Å²) in [5.74, 6) is 0. The average molecular weight is 224 g/mol. The van der Waals surface area contributed by atoms with E-state index in [2.05, 4.69) is 30.7 Å². The monoisotopic (exact) mass is 224 g/mol. The zero-order valence-corrected chi connectivity index (χ0v) is 10.4. The Balaban J connectivity index is 2.19. The van der Waals surface area contributed by atoms with Gasteiger partial charge in [0.1, 0.15) is 0 Å². The van der Waals surface area contributed by atoms with Crippen LogP contribution in [0, 0.1) is 6.92 Å². The third kappa shape index (κ3) is 4.58. The highest BCUT2D eigenvalue weighted by atomic mass is 32.1. The minimum Gasteiger partial charge on any atom is -0.309 e. The lowest BCUT2D eigenvalue weighted by Crippen LogP contribution is -2.25. The number of allylic oxidation sites excluding steroid dienone is 1. The second kappa shape index (κ2) is 6.75. The second-order valence-electron chi connectivity index (χ2n) is 3.86. The quantitative estimate of drug-likeness (QED) is 0.568. The normalized spacial score (nSPS) is 12.7. The molecule has 0 aliphatic carbocycles. The van der Waals surface area contributed by atoms with E-state index < -0.39 is 0 Å². The largest absolute Gasteiger partial charge is 0.309 e. The molecule has 1 unspecified atom stereocenters. The highest BCUT2D eigenvalue weighted by Crippen LogP contribution is 2.12. The van der Waals surface area contributed by atoms with Crippen LogP contribution in [0.5, 0.6) is 0 Å². The van der Waals surface area contributed by atoms with Crippen LogP contribution in [0.3, 0.4) is 0 Å². The van der Waals surface area contributed by atoms with Crippen LogP contribution in [0.15, 0.2) is 18.2 Å². The molecule has 0 aromatic carbocycles. The molecule has 1 aromatic rings. The Bertz CT molecular complexity index is 294. The van der Waals surface area contributed by atoms with Gasteiger partial charge >= 0.3 is 0 Å². The van der Waals surface area contributed by atoms with E-state index >= 15 is 0 Å². The molecule has 0 fully saturated rings. The van der Waals surface area contributed by atoms with Gasteiger partial charge in [-0.15, -0.1) is 17.9 Å². The lowest BCUT2D eigenvalue weighted by molar-refractivity contribution is 0.501. The number of unbranched alkanes of at least 4 members (excludes halogenated alkanes) is 1. The molecule has 0 aliphatic heterocycles.